The second kappa shape index (κ2) is 14.2. The second-order valence-electron chi connectivity index (χ2n) is 14.7. The van der Waals surface area contributed by atoms with Crippen LogP contribution in [0.25, 0.3) is 0 Å². The van der Waals surface area contributed by atoms with Gasteiger partial charge < -0.3 is 44.2 Å². The molecule has 5 atom stereocenters. The Balaban J connectivity index is 1.31. The van der Waals surface area contributed by atoms with Crippen LogP contribution in [0.15, 0.2) is 24.3 Å². The number of piperidine rings is 1. The van der Waals surface area contributed by atoms with Gasteiger partial charge in [0.1, 0.15) is 12.1 Å². The number of esters is 1. The first kappa shape index (κ1) is 36.7. The van der Waals surface area contributed by atoms with E-state index in [1.807, 2.05) is 46.1 Å². The molecule has 0 aromatic heterocycles. The number of hydroxylamine groups is 2. The molecule has 1 aliphatic carbocycles. The molecular weight excluding hydrogens is 682 g/mol. The Morgan fingerprint density at radius 1 is 1.00 bits per heavy atom. The maximum Gasteiger partial charge on any atom is 0.408 e. The summed E-state index contributed by atoms with van der Waals surface area (Å²) in [6.45, 7) is 7.34. The molecule has 0 bridgehead atoms. The third kappa shape index (κ3) is 6.95. The van der Waals surface area contributed by atoms with Gasteiger partial charge in [0.05, 0.1) is 32.8 Å². The van der Waals surface area contributed by atoms with Gasteiger partial charge in [-0.1, -0.05) is 0 Å². The number of ether oxygens (including phenoxy) is 6. The summed E-state index contributed by atoms with van der Waals surface area (Å²) < 4.78 is 33.9. The van der Waals surface area contributed by atoms with Gasteiger partial charge in [-0.25, -0.2) is 4.79 Å². The fourth-order valence-corrected chi connectivity index (χ4v) is 8.65. The number of carbonyl (C=O) groups excluding carboxylic acids is 3. The van der Waals surface area contributed by atoms with E-state index in [-0.39, 0.29) is 30.6 Å². The zero-order chi connectivity index (χ0) is 36.8. The zero-order valence-corrected chi connectivity index (χ0v) is 30.7. The van der Waals surface area contributed by atoms with Crippen molar-refractivity contribution in [1.82, 2.24) is 15.7 Å². The molecule has 4 aliphatic rings. The van der Waals surface area contributed by atoms with Crippen molar-refractivity contribution in [2.45, 2.75) is 82.1 Å². The molecule has 3 heterocycles. The molecular formula is C36H46N3O11S. The van der Waals surface area contributed by atoms with E-state index in [1.165, 1.54) is 26.0 Å². The van der Waals surface area contributed by atoms with Crippen LogP contribution >= 0.6 is 11.8 Å². The number of benzene rings is 2. The van der Waals surface area contributed by atoms with Gasteiger partial charge in [0, 0.05) is 35.8 Å². The smallest absolute Gasteiger partial charge is 0.408 e. The lowest BCUT2D eigenvalue weighted by atomic mass is 9.65. The van der Waals surface area contributed by atoms with E-state index in [1.54, 1.807) is 12.1 Å². The molecule has 6 rings (SSSR count). The number of fused-ring (bicyclic) bond motifs is 3. The molecule has 277 valence electrons. The summed E-state index contributed by atoms with van der Waals surface area (Å²) in [6.07, 6.45) is 1.66. The summed E-state index contributed by atoms with van der Waals surface area (Å²) in [5, 5.41) is 30.5. The number of methoxy groups -OCH3 is 2. The average molecular weight is 729 g/mol. The second-order valence-corrected chi connectivity index (χ2v) is 15.7. The van der Waals surface area contributed by atoms with Gasteiger partial charge in [-0.05, 0) is 87.1 Å². The van der Waals surface area contributed by atoms with E-state index in [4.69, 9.17) is 28.4 Å². The van der Waals surface area contributed by atoms with Crippen molar-refractivity contribution < 1.29 is 53.1 Å². The highest BCUT2D eigenvalue weighted by Crippen LogP contribution is 2.55. The molecule has 3 N–H and O–H groups in total. The van der Waals surface area contributed by atoms with E-state index in [2.05, 4.69) is 10.6 Å². The molecule has 14 nitrogen and oxygen atoms in total. The Bertz CT molecular complexity index is 1640. The van der Waals surface area contributed by atoms with Crippen LogP contribution in [-0.4, -0.2) is 91.0 Å². The Kier molecular flexibility index (Phi) is 10.2. The number of carbonyl (C=O) groups is 3. The number of phenolic OH excluding ortho intramolecular Hbond substituents is 1. The van der Waals surface area contributed by atoms with Crippen LogP contribution < -0.4 is 29.6 Å². The van der Waals surface area contributed by atoms with Crippen LogP contribution in [0.2, 0.25) is 0 Å². The molecule has 0 saturated carbocycles. The van der Waals surface area contributed by atoms with E-state index < -0.39 is 65.0 Å². The normalized spacial score (nSPS) is 25.2. The molecule has 51 heavy (non-hydrogen) atoms. The van der Waals surface area contributed by atoms with Crippen LogP contribution in [0.1, 0.15) is 75.6 Å². The number of phenols is 1. The highest BCUT2D eigenvalue weighted by atomic mass is 32.2. The number of alkyl carbamates (subject to hydrolysis) is 1. The number of aromatic hydroxyl groups is 1. The first-order valence-corrected chi connectivity index (χ1v) is 18.4. The van der Waals surface area contributed by atoms with E-state index in [0.29, 0.717) is 53.2 Å². The lowest BCUT2D eigenvalue weighted by Crippen LogP contribution is -2.60. The standard InChI is InChI=1S/C36H46N3O11S/c1-35(2)14-19(15-36(3,4)39(35)44)50-34(43)37-23(8-9-51-7)32(41)38-30-21-13-25-24(48-17-49-25)12-20(21)28(29-22(30)16-47-33(29)42)18-10-26(45-5)31(40)27(11-18)46-6/h10-13,19,22-23,28-30,40H,8-9,14-17H2,1-7H3,(H,37,43)(H,38,41)/t22-,23-,28+,29-,30+/m0/s1. The topological polar surface area (TPSA) is 174 Å². The molecule has 15 heteroatoms. The highest BCUT2D eigenvalue weighted by Gasteiger charge is 2.53. The van der Waals surface area contributed by atoms with Gasteiger partial charge in [-0.15, -0.1) is 10.3 Å². The SMILES string of the molecule is COc1cc([C@@H]2c3cc4c(cc3[C@@H](NC(=O)[C@H](CCSC)NC(=O)OC3CC(C)(C)N([O])C(C)(C)C3)[C@H]3COC(=O)[C@H]23)OCO4)cc(OC)c1O. The van der Waals surface area contributed by atoms with Crippen molar-refractivity contribution in [3.63, 3.8) is 0 Å². The zero-order valence-electron chi connectivity index (χ0n) is 29.9. The van der Waals surface area contributed by atoms with Crippen molar-refractivity contribution in [3.05, 3.63) is 41.0 Å². The average Bonchev–Trinajstić information content (AvgIpc) is 3.70. The minimum absolute atomic E-state index is 0.0146. The number of amides is 2. The quantitative estimate of drug-likeness (QED) is 0.294. The predicted octanol–water partition coefficient (Wildman–Crippen LogP) is 4.45. The highest BCUT2D eigenvalue weighted by molar-refractivity contribution is 7.98. The molecule has 2 aromatic rings. The summed E-state index contributed by atoms with van der Waals surface area (Å²) in [4.78, 5) is 41.1. The summed E-state index contributed by atoms with van der Waals surface area (Å²) in [7, 11) is 2.86. The van der Waals surface area contributed by atoms with Crippen molar-refractivity contribution in [2.75, 3.05) is 39.6 Å². The van der Waals surface area contributed by atoms with Crippen LogP contribution in [0.4, 0.5) is 4.79 Å². The van der Waals surface area contributed by atoms with Crippen LogP contribution in [0.5, 0.6) is 28.7 Å². The Labute approximate surface area is 301 Å². The van der Waals surface area contributed by atoms with Crippen molar-refractivity contribution in [3.8, 4) is 28.7 Å². The van der Waals surface area contributed by atoms with Gasteiger partial charge in [0.15, 0.2) is 23.0 Å². The molecule has 0 spiro atoms. The maximum atomic E-state index is 14.2. The number of nitrogens with zero attached hydrogens (tertiary/aromatic N) is 1. The first-order valence-electron chi connectivity index (χ1n) is 17.0. The van der Waals surface area contributed by atoms with Crippen LogP contribution in [0.3, 0.4) is 0 Å². The molecule has 2 saturated heterocycles. The van der Waals surface area contributed by atoms with Gasteiger partial charge >= 0.3 is 12.1 Å². The third-order valence-electron chi connectivity index (χ3n) is 10.4. The van der Waals surface area contributed by atoms with Gasteiger partial charge in [-0.3, -0.25) is 9.59 Å². The van der Waals surface area contributed by atoms with Crippen LogP contribution in [0, 0.1) is 11.8 Å². The summed E-state index contributed by atoms with van der Waals surface area (Å²) in [5.74, 6) is -0.975. The van der Waals surface area contributed by atoms with Crippen LogP contribution in [-0.2, 0) is 24.3 Å². The molecule has 3 aliphatic heterocycles. The Morgan fingerprint density at radius 3 is 2.20 bits per heavy atom. The number of thioether (sulfide) groups is 1. The summed E-state index contributed by atoms with van der Waals surface area (Å²) in [6, 6.07) is 5.29. The minimum atomic E-state index is -0.956. The number of hydrogen-bond donors (Lipinski definition) is 3. The lowest BCUT2D eigenvalue weighted by molar-refractivity contribution is -0.298. The predicted molar refractivity (Wildman–Crippen MR) is 185 cm³/mol. The van der Waals surface area contributed by atoms with Crippen molar-refractivity contribution >= 4 is 29.7 Å². The fraction of sp³-hybridized carbons (Fsp3) is 0.583. The third-order valence-corrected chi connectivity index (χ3v) is 11.0. The Morgan fingerprint density at radius 2 is 1.61 bits per heavy atom. The lowest BCUT2D eigenvalue weighted by Gasteiger charge is -2.49. The van der Waals surface area contributed by atoms with E-state index >= 15 is 0 Å². The van der Waals surface area contributed by atoms with E-state index in [9.17, 15) is 24.7 Å². The molecule has 2 fully saturated rings. The summed E-state index contributed by atoms with van der Waals surface area (Å²) in [5.41, 5.74) is 0.552. The number of cyclic esters (lactones) is 1. The number of nitrogens with one attached hydrogen (secondary N) is 2. The molecule has 1 radical (unpaired) electrons. The van der Waals surface area contributed by atoms with Crippen molar-refractivity contribution in [1.29, 1.82) is 0 Å². The molecule has 2 amide bonds. The number of hydrogen-bond acceptors (Lipinski definition) is 12. The molecule has 2 aromatic carbocycles. The van der Waals surface area contributed by atoms with E-state index in [0.717, 1.165) is 5.06 Å². The fourth-order valence-electron chi connectivity index (χ4n) is 8.18. The van der Waals surface area contributed by atoms with Gasteiger partial charge in [0.2, 0.25) is 18.4 Å². The first-order chi connectivity index (χ1) is 24.2. The molecule has 0 unspecified atom stereocenters. The van der Waals surface area contributed by atoms with Gasteiger partial charge in [0.25, 0.3) is 0 Å². The maximum absolute atomic E-state index is 14.2. The number of rotatable bonds is 10. The largest absolute Gasteiger partial charge is 0.502 e. The monoisotopic (exact) mass is 728 g/mol. The minimum Gasteiger partial charge on any atom is -0.502 e. The van der Waals surface area contributed by atoms with Gasteiger partial charge in [-0.2, -0.15) is 11.8 Å². The Hall–Kier alpha value is -4.08. The summed E-state index contributed by atoms with van der Waals surface area (Å²) >= 11 is 1.53. The van der Waals surface area contributed by atoms with Crippen molar-refractivity contribution in [2.24, 2.45) is 11.8 Å².